The summed E-state index contributed by atoms with van der Waals surface area (Å²) in [4.78, 5) is 0. The van der Waals surface area contributed by atoms with Crippen LogP contribution in [0.3, 0.4) is 0 Å². The number of hydrogen-bond donors (Lipinski definition) is 1. The molecule has 3 rings (SSSR count). The largest absolute Gasteiger partial charge is 0.493 e. The van der Waals surface area contributed by atoms with Crippen molar-refractivity contribution in [3.63, 3.8) is 0 Å². The summed E-state index contributed by atoms with van der Waals surface area (Å²) in [7, 11) is 0. The van der Waals surface area contributed by atoms with Crippen molar-refractivity contribution in [3.05, 3.63) is 63.4 Å². The van der Waals surface area contributed by atoms with Crippen LogP contribution in [-0.2, 0) is 6.42 Å². The predicted molar refractivity (Wildman–Crippen MR) is 75.8 cm³/mol. The Morgan fingerprint density at radius 3 is 2.68 bits per heavy atom. The molecule has 1 heterocycles. The molecule has 98 valence electrons. The van der Waals surface area contributed by atoms with E-state index in [2.05, 4.69) is 22.0 Å². The van der Waals surface area contributed by atoms with Gasteiger partial charge in [0.05, 0.1) is 17.1 Å². The number of ether oxygens (including phenoxy) is 1. The first-order chi connectivity index (χ1) is 9.15. The van der Waals surface area contributed by atoms with Gasteiger partial charge in [-0.25, -0.2) is 4.39 Å². The van der Waals surface area contributed by atoms with Crippen LogP contribution in [0.4, 0.5) is 4.39 Å². The summed E-state index contributed by atoms with van der Waals surface area (Å²) < 4.78 is 19.2. The van der Waals surface area contributed by atoms with Crippen LogP contribution in [-0.4, -0.2) is 6.61 Å². The highest BCUT2D eigenvalue weighted by atomic mass is 79.9. The van der Waals surface area contributed by atoms with Crippen molar-refractivity contribution in [2.45, 2.75) is 12.5 Å². The molecule has 2 aromatic rings. The third-order valence-corrected chi connectivity index (χ3v) is 3.98. The average Bonchev–Trinajstić information content (AvgIpc) is 2.88. The van der Waals surface area contributed by atoms with Gasteiger partial charge in [-0.1, -0.05) is 18.2 Å². The molecule has 2 N–H and O–H groups in total. The minimum atomic E-state index is -0.279. The van der Waals surface area contributed by atoms with E-state index < -0.39 is 0 Å². The van der Waals surface area contributed by atoms with Crippen molar-refractivity contribution in [3.8, 4) is 5.75 Å². The van der Waals surface area contributed by atoms with E-state index >= 15 is 0 Å². The minimum Gasteiger partial charge on any atom is -0.493 e. The average molecular weight is 322 g/mol. The van der Waals surface area contributed by atoms with Crippen LogP contribution in [0.1, 0.15) is 22.7 Å². The summed E-state index contributed by atoms with van der Waals surface area (Å²) in [5.74, 6) is 0.662. The second-order valence-electron chi connectivity index (χ2n) is 4.62. The summed E-state index contributed by atoms with van der Waals surface area (Å²) in [6.45, 7) is 0.732. The highest BCUT2D eigenvalue weighted by Gasteiger charge is 2.16. The Labute approximate surface area is 119 Å². The summed E-state index contributed by atoms with van der Waals surface area (Å²) in [6.07, 6.45) is 0.920. The number of halogens is 2. The van der Waals surface area contributed by atoms with Crippen molar-refractivity contribution in [2.24, 2.45) is 5.73 Å². The zero-order valence-electron chi connectivity index (χ0n) is 10.2. The smallest absolute Gasteiger partial charge is 0.137 e. The van der Waals surface area contributed by atoms with Gasteiger partial charge < -0.3 is 10.5 Å². The second-order valence-corrected chi connectivity index (χ2v) is 5.47. The Kier molecular flexibility index (Phi) is 3.29. The zero-order valence-corrected chi connectivity index (χ0v) is 11.8. The fourth-order valence-corrected chi connectivity index (χ4v) is 2.69. The molecule has 0 saturated heterocycles. The third-order valence-electron chi connectivity index (χ3n) is 3.38. The van der Waals surface area contributed by atoms with Gasteiger partial charge in [0, 0.05) is 6.42 Å². The van der Waals surface area contributed by atoms with Crippen LogP contribution in [0.25, 0.3) is 0 Å². The number of hydrogen-bond acceptors (Lipinski definition) is 2. The van der Waals surface area contributed by atoms with E-state index in [0.29, 0.717) is 4.47 Å². The first-order valence-electron chi connectivity index (χ1n) is 6.11. The fraction of sp³-hybridized carbons (Fsp3) is 0.200. The van der Waals surface area contributed by atoms with Crippen LogP contribution in [0, 0.1) is 5.82 Å². The van der Waals surface area contributed by atoms with Gasteiger partial charge in [-0.05, 0) is 50.8 Å². The van der Waals surface area contributed by atoms with Crippen LogP contribution in [0.2, 0.25) is 0 Å². The first-order valence-corrected chi connectivity index (χ1v) is 6.90. The molecule has 2 aromatic carbocycles. The van der Waals surface area contributed by atoms with E-state index in [1.54, 1.807) is 12.1 Å². The van der Waals surface area contributed by atoms with Crippen molar-refractivity contribution in [1.29, 1.82) is 0 Å². The molecule has 4 heteroatoms. The van der Waals surface area contributed by atoms with E-state index in [0.717, 1.165) is 29.9 Å². The summed E-state index contributed by atoms with van der Waals surface area (Å²) in [5.41, 5.74) is 9.33. The molecule has 0 amide bonds. The molecular weight excluding hydrogens is 309 g/mol. The van der Waals surface area contributed by atoms with E-state index in [1.165, 1.54) is 11.6 Å². The van der Waals surface area contributed by atoms with Gasteiger partial charge in [0.1, 0.15) is 11.6 Å². The molecule has 0 aliphatic carbocycles. The van der Waals surface area contributed by atoms with Gasteiger partial charge in [-0.2, -0.15) is 0 Å². The van der Waals surface area contributed by atoms with Gasteiger partial charge in [0.15, 0.2) is 0 Å². The molecule has 0 fully saturated rings. The molecule has 1 unspecified atom stereocenters. The molecule has 0 aromatic heterocycles. The summed E-state index contributed by atoms with van der Waals surface area (Å²) >= 11 is 3.19. The Hall–Kier alpha value is -1.39. The van der Waals surface area contributed by atoms with Gasteiger partial charge in [-0.3, -0.25) is 0 Å². The van der Waals surface area contributed by atoms with Crippen molar-refractivity contribution in [1.82, 2.24) is 0 Å². The number of benzene rings is 2. The van der Waals surface area contributed by atoms with E-state index in [-0.39, 0.29) is 11.9 Å². The quantitative estimate of drug-likeness (QED) is 0.917. The third kappa shape index (κ3) is 2.38. The van der Waals surface area contributed by atoms with Crippen LogP contribution >= 0.6 is 15.9 Å². The Morgan fingerprint density at radius 2 is 1.89 bits per heavy atom. The Bertz CT molecular complexity index is 630. The lowest BCUT2D eigenvalue weighted by Gasteiger charge is -2.14. The van der Waals surface area contributed by atoms with Gasteiger partial charge >= 0.3 is 0 Å². The van der Waals surface area contributed by atoms with Crippen LogP contribution in [0.15, 0.2) is 40.9 Å². The van der Waals surface area contributed by atoms with E-state index in [9.17, 15) is 4.39 Å². The van der Waals surface area contributed by atoms with Gasteiger partial charge in [-0.15, -0.1) is 0 Å². The summed E-state index contributed by atoms with van der Waals surface area (Å²) in [6, 6.07) is 10.6. The monoisotopic (exact) mass is 321 g/mol. The minimum absolute atomic E-state index is 0.261. The number of nitrogens with two attached hydrogens (primary N) is 1. The maximum absolute atomic E-state index is 13.2. The standard InChI is InChI=1S/C15H13BrFNO/c16-12-8-11(1-3-13(12)17)15(18)10-2-4-14-9(7-10)5-6-19-14/h1-4,7-8,15H,5-6,18H2. The molecule has 0 bridgehead atoms. The maximum atomic E-state index is 13.2. The first kappa shape index (κ1) is 12.6. The lowest BCUT2D eigenvalue weighted by molar-refractivity contribution is 0.357. The molecular formula is C15H13BrFNO. The predicted octanol–water partition coefficient (Wildman–Crippen LogP) is 3.57. The topological polar surface area (TPSA) is 35.2 Å². The molecule has 0 spiro atoms. The number of fused-ring (bicyclic) bond motifs is 1. The SMILES string of the molecule is NC(c1ccc(F)c(Br)c1)c1ccc2c(c1)CCO2. The van der Waals surface area contributed by atoms with Crippen LogP contribution < -0.4 is 10.5 Å². The molecule has 19 heavy (non-hydrogen) atoms. The normalized spacial score (nSPS) is 14.9. The van der Waals surface area contributed by atoms with Crippen LogP contribution in [0.5, 0.6) is 5.75 Å². The second kappa shape index (κ2) is 4.94. The molecule has 0 radical (unpaired) electrons. The maximum Gasteiger partial charge on any atom is 0.137 e. The van der Waals surface area contributed by atoms with Gasteiger partial charge in [0.2, 0.25) is 0 Å². The molecule has 1 atom stereocenters. The lowest BCUT2D eigenvalue weighted by atomic mass is 9.97. The summed E-state index contributed by atoms with van der Waals surface area (Å²) in [5, 5.41) is 0. The fourth-order valence-electron chi connectivity index (χ4n) is 2.30. The molecule has 1 aliphatic rings. The zero-order chi connectivity index (χ0) is 13.4. The van der Waals surface area contributed by atoms with E-state index in [4.69, 9.17) is 10.5 Å². The highest BCUT2D eigenvalue weighted by Crippen LogP contribution is 2.30. The van der Waals surface area contributed by atoms with Crippen molar-refractivity contribution < 1.29 is 9.13 Å². The van der Waals surface area contributed by atoms with Crippen molar-refractivity contribution in [2.75, 3.05) is 6.61 Å². The lowest BCUT2D eigenvalue weighted by Crippen LogP contribution is -2.12. The molecule has 1 aliphatic heterocycles. The highest BCUT2D eigenvalue weighted by molar-refractivity contribution is 9.10. The molecule has 2 nitrogen and oxygen atoms in total. The number of rotatable bonds is 2. The molecule has 0 saturated carbocycles. The van der Waals surface area contributed by atoms with Gasteiger partial charge in [0.25, 0.3) is 0 Å². The van der Waals surface area contributed by atoms with Crippen molar-refractivity contribution >= 4 is 15.9 Å². The Balaban J connectivity index is 1.94. The van der Waals surface area contributed by atoms with E-state index in [1.807, 2.05) is 12.1 Å². The Morgan fingerprint density at radius 1 is 1.16 bits per heavy atom.